The maximum atomic E-state index is 5.83. The van der Waals surface area contributed by atoms with Crippen LogP contribution in [0.5, 0.6) is 0 Å². The number of hydrogen-bond acceptors (Lipinski definition) is 4. The molecule has 1 aromatic carbocycles. The second kappa shape index (κ2) is 4.35. The highest BCUT2D eigenvalue weighted by atomic mass is 32.1. The fraction of sp³-hybridized carbons (Fsp3) is 0.312. The van der Waals surface area contributed by atoms with Gasteiger partial charge in [0.15, 0.2) is 5.96 Å². The Hall–Kier alpha value is -1.81. The molecule has 4 rings (SSSR count). The van der Waals surface area contributed by atoms with Gasteiger partial charge in [0.05, 0.1) is 12.1 Å². The standard InChI is InChI=1S/C16H17N3S/c17-15-18-10-16(19-15)7-6-11-3-1-4-12(13(11)9-16)14-5-2-8-20-14/h1-5,8H,6-7,9-10H2,(H3,17,18,19). The molecule has 1 aliphatic carbocycles. The van der Waals surface area contributed by atoms with Gasteiger partial charge in [0.1, 0.15) is 0 Å². The first kappa shape index (κ1) is 12.0. The van der Waals surface area contributed by atoms with Crippen molar-refractivity contribution >= 4 is 17.3 Å². The summed E-state index contributed by atoms with van der Waals surface area (Å²) in [6.07, 6.45) is 3.23. The normalized spacial score (nSPS) is 24.3. The fourth-order valence-electron chi connectivity index (χ4n) is 3.37. The van der Waals surface area contributed by atoms with Gasteiger partial charge in [-0.25, -0.2) is 0 Å². The van der Waals surface area contributed by atoms with Gasteiger partial charge < -0.3 is 11.1 Å². The monoisotopic (exact) mass is 283 g/mol. The maximum absolute atomic E-state index is 5.83. The van der Waals surface area contributed by atoms with Gasteiger partial charge in [-0.2, -0.15) is 0 Å². The Morgan fingerprint density at radius 2 is 2.20 bits per heavy atom. The predicted octanol–water partition coefficient (Wildman–Crippen LogP) is 2.56. The number of aliphatic imine (C=N–C) groups is 1. The van der Waals surface area contributed by atoms with Crippen LogP contribution in [0.2, 0.25) is 0 Å². The molecule has 0 amide bonds. The third-order valence-electron chi connectivity index (χ3n) is 4.39. The van der Waals surface area contributed by atoms with Crippen LogP contribution in [0.15, 0.2) is 40.7 Å². The van der Waals surface area contributed by atoms with E-state index in [1.807, 2.05) is 0 Å². The number of guanidine groups is 1. The molecule has 4 heteroatoms. The van der Waals surface area contributed by atoms with Gasteiger partial charge in [-0.15, -0.1) is 11.3 Å². The Morgan fingerprint density at radius 3 is 2.95 bits per heavy atom. The van der Waals surface area contributed by atoms with E-state index in [0.717, 1.165) is 25.8 Å². The summed E-state index contributed by atoms with van der Waals surface area (Å²) in [5.74, 6) is 0.599. The molecule has 102 valence electrons. The molecule has 3 nitrogen and oxygen atoms in total. The van der Waals surface area contributed by atoms with Crippen molar-refractivity contribution in [2.24, 2.45) is 10.7 Å². The number of hydrogen-bond donors (Lipinski definition) is 2. The number of thiophene rings is 1. The molecule has 1 aromatic heterocycles. The summed E-state index contributed by atoms with van der Waals surface area (Å²) in [7, 11) is 0. The average Bonchev–Trinajstić information content (AvgIpc) is 3.09. The highest BCUT2D eigenvalue weighted by molar-refractivity contribution is 7.13. The van der Waals surface area contributed by atoms with Crippen LogP contribution in [-0.2, 0) is 12.8 Å². The van der Waals surface area contributed by atoms with Crippen molar-refractivity contribution in [3.05, 3.63) is 46.8 Å². The lowest BCUT2D eigenvalue weighted by Crippen LogP contribution is -2.51. The van der Waals surface area contributed by atoms with Crippen LogP contribution in [0.3, 0.4) is 0 Å². The first-order chi connectivity index (χ1) is 9.76. The van der Waals surface area contributed by atoms with Gasteiger partial charge in [0.25, 0.3) is 0 Å². The van der Waals surface area contributed by atoms with Crippen molar-refractivity contribution in [1.82, 2.24) is 5.32 Å². The molecule has 3 N–H and O–H groups in total. The van der Waals surface area contributed by atoms with Gasteiger partial charge in [-0.3, -0.25) is 4.99 Å². The number of nitrogens with zero attached hydrogens (tertiary/aromatic N) is 1. The SMILES string of the molecule is NC1=NCC2(CCc3cccc(-c4cccs4)c3C2)N1. The topological polar surface area (TPSA) is 50.4 Å². The number of aryl methyl sites for hydroxylation is 1. The van der Waals surface area contributed by atoms with Crippen LogP contribution >= 0.6 is 11.3 Å². The van der Waals surface area contributed by atoms with Gasteiger partial charge in [0.2, 0.25) is 0 Å². The second-order valence-electron chi connectivity index (χ2n) is 5.70. The van der Waals surface area contributed by atoms with E-state index in [1.54, 1.807) is 11.3 Å². The molecular formula is C16H17N3S. The highest BCUT2D eigenvalue weighted by Gasteiger charge is 2.38. The van der Waals surface area contributed by atoms with Crippen molar-refractivity contribution in [2.45, 2.75) is 24.8 Å². The van der Waals surface area contributed by atoms with E-state index in [4.69, 9.17) is 5.73 Å². The molecule has 1 atom stereocenters. The number of nitrogens with one attached hydrogen (secondary N) is 1. The van der Waals surface area contributed by atoms with E-state index in [0.29, 0.717) is 5.96 Å². The summed E-state index contributed by atoms with van der Waals surface area (Å²) in [6.45, 7) is 0.803. The number of nitrogens with two attached hydrogens (primary N) is 1. The third kappa shape index (κ3) is 1.83. The molecular weight excluding hydrogens is 266 g/mol. The quantitative estimate of drug-likeness (QED) is 0.845. The first-order valence-electron chi connectivity index (χ1n) is 6.99. The molecule has 0 radical (unpaired) electrons. The maximum Gasteiger partial charge on any atom is 0.189 e. The molecule has 0 fully saturated rings. The molecule has 2 aromatic rings. The van der Waals surface area contributed by atoms with Crippen LogP contribution in [0, 0.1) is 0 Å². The lowest BCUT2D eigenvalue weighted by Gasteiger charge is -2.35. The third-order valence-corrected chi connectivity index (χ3v) is 5.30. The minimum Gasteiger partial charge on any atom is -0.370 e. The zero-order valence-corrected chi connectivity index (χ0v) is 12.0. The lowest BCUT2D eigenvalue weighted by molar-refractivity contribution is 0.362. The summed E-state index contributed by atoms with van der Waals surface area (Å²) >= 11 is 1.81. The van der Waals surface area contributed by atoms with E-state index in [2.05, 4.69) is 46.0 Å². The van der Waals surface area contributed by atoms with Crippen molar-refractivity contribution in [2.75, 3.05) is 6.54 Å². The molecule has 1 aliphatic heterocycles. The molecule has 0 saturated carbocycles. The molecule has 2 aliphatic rings. The molecule has 2 heterocycles. The van der Waals surface area contributed by atoms with Crippen molar-refractivity contribution < 1.29 is 0 Å². The van der Waals surface area contributed by atoms with Crippen molar-refractivity contribution in [1.29, 1.82) is 0 Å². The Morgan fingerprint density at radius 1 is 1.25 bits per heavy atom. The van der Waals surface area contributed by atoms with Crippen molar-refractivity contribution in [3.63, 3.8) is 0 Å². The van der Waals surface area contributed by atoms with E-state index >= 15 is 0 Å². The van der Waals surface area contributed by atoms with Crippen LogP contribution in [0.1, 0.15) is 17.5 Å². The van der Waals surface area contributed by atoms with Gasteiger partial charge >= 0.3 is 0 Å². The minimum atomic E-state index is 0.0461. The number of benzene rings is 1. The van der Waals surface area contributed by atoms with Gasteiger partial charge in [-0.05, 0) is 47.4 Å². The average molecular weight is 283 g/mol. The zero-order chi connectivity index (χ0) is 13.6. The van der Waals surface area contributed by atoms with E-state index in [-0.39, 0.29) is 5.54 Å². The molecule has 20 heavy (non-hydrogen) atoms. The number of fused-ring (bicyclic) bond motifs is 1. The summed E-state index contributed by atoms with van der Waals surface area (Å²) in [6, 6.07) is 11.0. The second-order valence-corrected chi connectivity index (χ2v) is 6.65. The zero-order valence-electron chi connectivity index (χ0n) is 11.2. The summed E-state index contributed by atoms with van der Waals surface area (Å²) < 4.78 is 0. The fourth-order valence-corrected chi connectivity index (χ4v) is 4.15. The van der Waals surface area contributed by atoms with Crippen LogP contribution < -0.4 is 11.1 Å². The van der Waals surface area contributed by atoms with Gasteiger partial charge in [0, 0.05) is 4.88 Å². The van der Waals surface area contributed by atoms with Crippen LogP contribution in [0.25, 0.3) is 10.4 Å². The smallest absolute Gasteiger partial charge is 0.189 e. The van der Waals surface area contributed by atoms with E-state index in [9.17, 15) is 0 Å². The summed E-state index contributed by atoms with van der Waals surface area (Å²) in [4.78, 5) is 5.72. The molecule has 0 bridgehead atoms. The summed E-state index contributed by atoms with van der Waals surface area (Å²) in [5, 5.41) is 5.55. The lowest BCUT2D eigenvalue weighted by atomic mass is 9.76. The molecule has 1 unspecified atom stereocenters. The predicted molar refractivity (Wildman–Crippen MR) is 84.1 cm³/mol. The first-order valence-corrected chi connectivity index (χ1v) is 7.87. The van der Waals surface area contributed by atoms with E-state index < -0.39 is 0 Å². The Bertz CT molecular complexity index is 675. The number of rotatable bonds is 1. The Balaban J connectivity index is 1.77. The Labute approximate surface area is 122 Å². The highest BCUT2D eigenvalue weighted by Crippen LogP contribution is 2.38. The largest absolute Gasteiger partial charge is 0.370 e. The molecule has 0 saturated heterocycles. The molecule has 1 spiro atoms. The minimum absolute atomic E-state index is 0.0461. The van der Waals surface area contributed by atoms with E-state index in [1.165, 1.54) is 21.6 Å². The Kier molecular flexibility index (Phi) is 2.60. The van der Waals surface area contributed by atoms with Crippen molar-refractivity contribution in [3.8, 4) is 10.4 Å². The van der Waals surface area contributed by atoms with Gasteiger partial charge in [-0.1, -0.05) is 24.3 Å². The summed E-state index contributed by atoms with van der Waals surface area (Å²) in [5.41, 5.74) is 10.2. The van der Waals surface area contributed by atoms with Crippen LogP contribution in [0.4, 0.5) is 0 Å². The van der Waals surface area contributed by atoms with Crippen LogP contribution in [-0.4, -0.2) is 18.0 Å².